The Balaban J connectivity index is 2.13. The molecule has 0 aliphatic carbocycles. The van der Waals surface area contributed by atoms with Crippen LogP contribution in [0.1, 0.15) is 32.6 Å². The first-order valence-corrected chi connectivity index (χ1v) is 5.15. The first-order valence-electron chi connectivity index (χ1n) is 5.15. The molecule has 2 rings (SSSR count). The molecular weight excluding hydrogens is 198 g/mol. The monoisotopic (exact) mass is 211 g/mol. The van der Waals surface area contributed by atoms with Gasteiger partial charge in [0.15, 0.2) is 0 Å². The van der Waals surface area contributed by atoms with Crippen LogP contribution in [-0.2, 0) is 19.1 Å². The van der Waals surface area contributed by atoms with Crippen LogP contribution in [0.5, 0.6) is 0 Å². The standard InChI is InChI=1S/C10H13NO4/c1-6-2-3-7(10(14)15-6)11-8(12)4-5-9(11)13/h6-7H,2-5H2,1H3/t6-,7+/m1/s1. The fourth-order valence-electron chi connectivity index (χ4n) is 2.02. The Labute approximate surface area is 87.4 Å². The minimum absolute atomic E-state index is 0.110. The molecule has 2 atom stereocenters. The highest BCUT2D eigenvalue weighted by Gasteiger charge is 2.41. The summed E-state index contributed by atoms with van der Waals surface area (Å²) in [6.45, 7) is 1.81. The number of rotatable bonds is 1. The van der Waals surface area contributed by atoms with Crippen LogP contribution in [0, 0.1) is 0 Å². The summed E-state index contributed by atoms with van der Waals surface area (Å²) < 4.78 is 5.02. The number of ether oxygens (including phenoxy) is 1. The van der Waals surface area contributed by atoms with Gasteiger partial charge in [-0.3, -0.25) is 14.5 Å². The van der Waals surface area contributed by atoms with Gasteiger partial charge < -0.3 is 4.74 Å². The number of nitrogens with zero attached hydrogens (tertiary/aromatic N) is 1. The Morgan fingerprint density at radius 2 is 1.73 bits per heavy atom. The van der Waals surface area contributed by atoms with Gasteiger partial charge in [0.25, 0.3) is 0 Å². The van der Waals surface area contributed by atoms with E-state index < -0.39 is 12.0 Å². The molecule has 0 saturated carbocycles. The average Bonchev–Trinajstić information content (AvgIpc) is 2.48. The van der Waals surface area contributed by atoms with Crippen LogP contribution < -0.4 is 0 Å². The molecule has 2 heterocycles. The number of imide groups is 1. The molecule has 0 bridgehead atoms. The van der Waals surface area contributed by atoms with Crippen LogP contribution in [0.3, 0.4) is 0 Å². The van der Waals surface area contributed by atoms with Gasteiger partial charge in [-0.05, 0) is 19.8 Å². The minimum atomic E-state index is -0.677. The second kappa shape index (κ2) is 3.64. The summed E-state index contributed by atoms with van der Waals surface area (Å²) in [6.07, 6.45) is 1.56. The van der Waals surface area contributed by atoms with E-state index in [-0.39, 0.29) is 30.8 Å². The zero-order valence-corrected chi connectivity index (χ0v) is 8.56. The molecule has 0 aromatic rings. The van der Waals surface area contributed by atoms with E-state index in [9.17, 15) is 14.4 Å². The van der Waals surface area contributed by atoms with Crippen LogP contribution in [-0.4, -0.2) is 34.8 Å². The van der Waals surface area contributed by atoms with Crippen molar-refractivity contribution < 1.29 is 19.1 Å². The molecule has 0 unspecified atom stereocenters. The Morgan fingerprint density at radius 3 is 2.27 bits per heavy atom. The van der Waals surface area contributed by atoms with Crippen molar-refractivity contribution in [2.75, 3.05) is 0 Å². The average molecular weight is 211 g/mol. The predicted octanol–water partition coefficient (Wildman–Crippen LogP) is 0.229. The van der Waals surface area contributed by atoms with E-state index in [0.717, 1.165) is 4.90 Å². The van der Waals surface area contributed by atoms with Crippen LogP contribution >= 0.6 is 0 Å². The van der Waals surface area contributed by atoms with E-state index in [2.05, 4.69) is 0 Å². The molecule has 0 spiro atoms. The summed E-state index contributed by atoms with van der Waals surface area (Å²) in [5.41, 5.74) is 0. The van der Waals surface area contributed by atoms with Gasteiger partial charge in [-0.1, -0.05) is 0 Å². The molecule has 0 aromatic heterocycles. The number of hydrogen-bond donors (Lipinski definition) is 0. The van der Waals surface area contributed by atoms with Crippen molar-refractivity contribution in [3.05, 3.63) is 0 Å². The van der Waals surface area contributed by atoms with E-state index in [1.54, 1.807) is 0 Å². The van der Waals surface area contributed by atoms with Crippen molar-refractivity contribution in [3.8, 4) is 0 Å². The lowest BCUT2D eigenvalue weighted by molar-refractivity contribution is -0.167. The summed E-state index contributed by atoms with van der Waals surface area (Å²) in [4.78, 5) is 35.4. The number of carbonyl (C=O) groups is 3. The van der Waals surface area contributed by atoms with Gasteiger partial charge in [-0.15, -0.1) is 0 Å². The Hall–Kier alpha value is -1.39. The Morgan fingerprint density at radius 1 is 1.13 bits per heavy atom. The smallest absolute Gasteiger partial charge is 0.329 e. The highest BCUT2D eigenvalue weighted by atomic mass is 16.5. The highest BCUT2D eigenvalue weighted by molar-refractivity contribution is 6.05. The zero-order chi connectivity index (χ0) is 11.0. The molecule has 15 heavy (non-hydrogen) atoms. The van der Waals surface area contributed by atoms with Gasteiger partial charge >= 0.3 is 5.97 Å². The number of likely N-dealkylation sites (tertiary alicyclic amines) is 1. The normalized spacial score (nSPS) is 32.1. The summed E-state index contributed by atoms with van der Waals surface area (Å²) in [6, 6.07) is -0.677. The second-order valence-corrected chi connectivity index (χ2v) is 4.00. The third kappa shape index (κ3) is 1.73. The molecule has 0 radical (unpaired) electrons. The zero-order valence-electron chi connectivity index (χ0n) is 8.56. The molecule has 2 saturated heterocycles. The third-order valence-electron chi connectivity index (χ3n) is 2.84. The number of amides is 2. The largest absolute Gasteiger partial charge is 0.461 e. The molecule has 5 nitrogen and oxygen atoms in total. The lowest BCUT2D eigenvalue weighted by atomic mass is 10.0. The maximum Gasteiger partial charge on any atom is 0.329 e. The predicted molar refractivity (Wildman–Crippen MR) is 49.7 cm³/mol. The first-order chi connectivity index (χ1) is 7.09. The SMILES string of the molecule is C[C@@H]1CC[C@H](N2C(=O)CCC2=O)C(=O)O1. The van der Waals surface area contributed by atoms with Crippen molar-refractivity contribution in [2.45, 2.75) is 44.8 Å². The van der Waals surface area contributed by atoms with Crippen molar-refractivity contribution in [2.24, 2.45) is 0 Å². The number of cyclic esters (lactones) is 1. The second-order valence-electron chi connectivity index (χ2n) is 4.00. The molecule has 5 heteroatoms. The van der Waals surface area contributed by atoms with E-state index in [1.807, 2.05) is 6.92 Å². The number of carbonyl (C=O) groups excluding carboxylic acids is 3. The Kier molecular flexibility index (Phi) is 2.46. The van der Waals surface area contributed by atoms with Gasteiger partial charge in [0, 0.05) is 12.8 Å². The van der Waals surface area contributed by atoms with Gasteiger partial charge in [-0.2, -0.15) is 0 Å². The number of esters is 1. The molecule has 82 valence electrons. The Bertz CT molecular complexity index is 309. The van der Waals surface area contributed by atoms with E-state index in [1.165, 1.54) is 0 Å². The van der Waals surface area contributed by atoms with Gasteiger partial charge in [0.1, 0.15) is 6.04 Å². The van der Waals surface area contributed by atoms with E-state index in [4.69, 9.17) is 4.74 Å². The number of hydrogen-bond acceptors (Lipinski definition) is 4. The first kappa shape index (κ1) is 10.1. The summed E-state index contributed by atoms with van der Waals surface area (Å²) in [5, 5.41) is 0. The summed E-state index contributed by atoms with van der Waals surface area (Å²) >= 11 is 0. The van der Waals surface area contributed by atoms with Crippen LogP contribution in [0.4, 0.5) is 0 Å². The topological polar surface area (TPSA) is 63.7 Å². The quantitative estimate of drug-likeness (QED) is 0.460. The van der Waals surface area contributed by atoms with Gasteiger partial charge in [-0.25, -0.2) is 4.79 Å². The lowest BCUT2D eigenvalue weighted by Crippen LogP contribution is -2.48. The molecule has 2 aliphatic heterocycles. The van der Waals surface area contributed by atoms with Crippen molar-refractivity contribution in [1.29, 1.82) is 0 Å². The van der Waals surface area contributed by atoms with Gasteiger partial charge in [0.2, 0.25) is 11.8 Å². The van der Waals surface area contributed by atoms with E-state index >= 15 is 0 Å². The molecular formula is C10H13NO4. The van der Waals surface area contributed by atoms with E-state index in [0.29, 0.717) is 12.8 Å². The minimum Gasteiger partial charge on any atom is -0.461 e. The maximum atomic E-state index is 11.5. The van der Waals surface area contributed by atoms with Crippen LogP contribution in [0.15, 0.2) is 0 Å². The van der Waals surface area contributed by atoms with Crippen molar-refractivity contribution >= 4 is 17.8 Å². The molecule has 2 fully saturated rings. The lowest BCUT2D eigenvalue weighted by Gasteiger charge is -2.30. The third-order valence-corrected chi connectivity index (χ3v) is 2.84. The fraction of sp³-hybridized carbons (Fsp3) is 0.700. The fourth-order valence-corrected chi connectivity index (χ4v) is 2.02. The highest BCUT2D eigenvalue weighted by Crippen LogP contribution is 2.24. The molecule has 2 aliphatic rings. The van der Waals surface area contributed by atoms with Crippen LogP contribution in [0.2, 0.25) is 0 Å². The van der Waals surface area contributed by atoms with Crippen LogP contribution in [0.25, 0.3) is 0 Å². The summed E-state index contributed by atoms with van der Waals surface area (Å²) in [5.74, 6) is -0.953. The molecule has 2 amide bonds. The van der Waals surface area contributed by atoms with Gasteiger partial charge in [0.05, 0.1) is 6.10 Å². The van der Waals surface area contributed by atoms with Crippen molar-refractivity contribution in [3.63, 3.8) is 0 Å². The molecule has 0 aromatic carbocycles. The maximum absolute atomic E-state index is 11.5. The van der Waals surface area contributed by atoms with Crippen molar-refractivity contribution in [1.82, 2.24) is 4.90 Å². The molecule has 0 N–H and O–H groups in total. The summed E-state index contributed by atoms with van der Waals surface area (Å²) in [7, 11) is 0.